The zero-order valence-electron chi connectivity index (χ0n) is 17.0. The number of carbonyl (C=O) groups excluding carboxylic acids is 2. The first-order valence-corrected chi connectivity index (χ1v) is 10.9. The van der Waals surface area contributed by atoms with Crippen molar-refractivity contribution in [3.8, 4) is 0 Å². The van der Waals surface area contributed by atoms with Crippen LogP contribution in [-0.2, 0) is 24.3 Å². The Kier molecular flexibility index (Phi) is 6.59. The summed E-state index contributed by atoms with van der Waals surface area (Å²) >= 11 is 0. The van der Waals surface area contributed by atoms with Crippen LogP contribution in [0.1, 0.15) is 28.8 Å². The van der Waals surface area contributed by atoms with Gasteiger partial charge in [-0.3, -0.25) is 4.79 Å². The molecule has 3 rings (SSSR count). The van der Waals surface area contributed by atoms with Gasteiger partial charge in [-0.2, -0.15) is 4.31 Å². The molecule has 1 atom stereocenters. The predicted octanol–water partition coefficient (Wildman–Crippen LogP) is 2.10. The standard InChI is InChI=1S/C20H24N2O7S/c1-13-11-18(14(2)28-13)20(24)29-15(3)19(23)21-16-5-4-6-17(12-16)30(25,26)22-7-9-27-10-8-22/h4-6,11-12,15H,7-10H2,1-3H3,(H,21,23)/t15-/m0/s1. The average Bonchev–Trinajstić information content (AvgIpc) is 3.07. The SMILES string of the molecule is Cc1cc(C(=O)O[C@@H](C)C(=O)Nc2cccc(S(=O)(=O)N3CCOCC3)c2)c(C)o1. The molecule has 0 unspecified atom stereocenters. The smallest absolute Gasteiger partial charge is 0.342 e. The van der Waals surface area contributed by atoms with Gasteiger partial charge in [0.15, 0.2) is 6.10 Å². The van der Waals surface area contributed by atoms with Crippen LogP contribution in [0.5, 0.6) is 0 Å². The molecule has 162 valence electrons. The molecule has 1 aromatic carbocycles. The molecule has 1 aromatic heterocycles. The lowest BCUT2D eigenvalue weighted by molar-refractivity contribution is -0.123. The predicted molar refractivity (Wildman–Crippen MR) is 108 cm³/mol. The van der Waals surface area contributed by atoms with Crippen molar-refractivity contribution in [2.45, 2.75) is 31.8 Å². The summed E-state index contributed by atoms with van der Waals surface area (Å²) in [7, 11) is -3.69. The molecule has 0 bridgehead atoms. The van der Waals surface area contributed by atoms with E-state index in [4.69, 9.17) is 13.9 Å². The maximum absolute atomic E-state index is 12.8. The highest BCUT2D eigenvalue weighted by Crippen LogP contribution is 2.21. The van der Waals surface area contributed by atoms with Crippen LogP contribution >= 0.6 is 0 Å². The second-order valence-electron chi connectivity index (χ2n) is 6.91. The third-order valence-electron chi connectivity index (χ3n) is 4.62. The topological polar surface area (TPSA) is 115 Å². The van der Waals surface area contributed by atoms with E-state index in [1.165, 1.54) is 29.4 Å². The van der Waals surface area contributed by atoms with Crippen molar-refractivity contribution in [3.05, 3.63) is 47.4 Å². The molecule has 1 N–H and O–H groups in total. The monoisotopic (exact) mass is 436 g/mol. The normalized spacial score (nSPS) is 16.1. The number of benzene rings is 1. The van der Waals surface area contributed by atoms with Gasteiger partial charge in [-0.15, -0.1) is 0 Å². The Hall–Kier alpha value is -2.69. The molecule has 0 aliphatic carbocycles. The molecule has 2 heterocycles. The molecule has 1 amide bonds. The van der Waals surface area contributed by atoms with Gasteiger partial charge in [0.1, 0.15) is 17.1 Å². The molecule has 1 saturated heterocycles. The summed E-state index contributed by atoms with van der Waals surface area (Å²) in [6, 6.07) is 7.49. The second kappa shape index (κ2) is 8.99. The molecular formula is C20H24N2O7S. The van der Waals surface area contributed by atoms with Crippen LogP contribution in [0.3, 0.4) is 0 Å². The Labute approximate surface area is 175 Å². The summed E-state index contributed by atoms with van der Waals surface area (Å²) in [5, 5.41) is 2.59. The van der Waals surface area contributed by atoms with Gasteiger partial charge in [-0.1, -0.05) is 6.07 Å². The van der Waals surface area contributed by atoms with E-state index in [1.54, 1.807) is 26.0 Å². The Morgan fingerprint density at radius 2 is 1.87 bits per heavy atom. The van der Waals surface area contributed by atoms with Gasteiger partial charge in [0.2, 0.25) is 10.0 Å². The molecule has 9 nitrogen and oxygen atoms in total. The Morgan fingerprint density at radius 3 is 2.50 bits per heavy atom. The lowest BCUT2D eigenvalue weighted by Crippen LogP contribution is -2.40. The number of furan rings is 1. The van der Waals surface area contributed by atoms with Crippen molar-refractivity contribution in [3.63, 3.8) is 0 Å². The van der Waals surface area contributed by atoms with E-state index >= 15 is 0 Å². The van der Waals surface area contributed by atoms with Crippen LogP contribution in [0.15, 0.2) is 39.6 Å². The van der Waals surface area contributed by atoms with Crippen molar-refractivity contribution in [1.29, 1.82) is 0 Å². The zero-order chi connectivity index (χ0) is 21.9. The third kappa shape index (κ3) is 4.89. The van der Waals surface area contributed by atoms with E-state index < -0.39 is 28.0 Å². The minimum Gasteiger partial charge on any atom is -0.466 e. The number of rotatable bonds is 6. The minimum atomic E-state index is -3.69. The number of aryl methyl sites for hydroxylation is 2. The fraction of sp³-hybridized carbons (Fsp3) is 0.400. The first-order valence-electron chi connectivity index (χ1n) is 9.45. The number of nitrogens with one attached hydrogen (secondary N) is 1. The summed E-state index contributed by atoms with van der Waals surface area (Å²) in [5.41, 5.74) is 0.540. The lowest BCUT2D eigenvalue weighted by Gasteiger charge is -2.26. The van der Waals surface area contributed by atoms with Crippen molar-refractivity contribution in [1.82, 2.24) is 4.31 Å². The number of morpholine rings is 1. The fourth-order valence-electron chi connectivity index (χ4n) is 3.03. The number of anilines is 1. The van der Waals surface area contributed by atoms with Crippen molar-refractivity contribution < 1.29 is 31.9 Å². The van der Waals surface area contributed by atoms with E-state index in [1.807, 2.05) is 0 Å². The number of carbonyl (C=O) groups is 2. The van der Waals surface area contributed by atoms with Gasteiger partial charge >= 0.3 is 5.97 Å². The molecule has 1 aliphatic heterocycles. The van der Waals surface area contributed by atoms with E-state index in [9.17, 15) is 18.0 Å². The van der Waals surface area contributed by atoms with E-state index in [0.29, 0.717) is 24.7 Å². The quantitative estimate of drug-likeness (QED) is 0.690. The second-order valence-corrected chi connectivity index (χ2v) is 8.85. The van der Waals surface area contributed by atoms with Gasteiger partial charge in [0, 0.05) is 18.8 Å². The van der Waals surface area contributed by atoms with Crippen molar-refractivity contribution in [2.75, 3.05) is 31.6 Å². The molecule has 0 saturated carbocycles. The number of ether oxygens (including phenoxy) is 2. The first-order chi connectivity index (χ1) is 14.2. The third-order valence-corrected chi connectivity index (χ3v) is 6.52. The van der Waals surface area contributed by atoms with E-state index in [0.717, 1.165) is 0 Å². The van der Waals surface area contributed by atoms with Crippen molar-refractivity contribution >= 4 is 27.6 Å². The lowest BCUT2D eigenvalue weighted by atomic mass is 10.2. The number of amides is 1. The molecule has 1 aliphatic rings. The fourth-order valence-corrected chi connectivity index (χ4v) is 4.48. The molecule has 2 aromatic rings. The van der Waals surface area contributed by atoms with Crippen LogP contribution < -0.4 is 5.32 Å². The first kappa shape index (κ1) is 22.0. The van der Waals surface area contributed by atoms with Gasteiger partial charge in [0.25, 0.3) is 5.91 Å². The summed E-state index contributed by atoms with van der Waals surface area (Å²) in [6.07, 6.45) is -1.09. The van der Waals surface area contributed by atoms with E-state index in [2.05, 4.69) is 5.32 Å². The summed E-state index contributed by atoms with van der Waals surface area (Å²) < 4.78 is 42.6. The molecule has 30 heavy (non-hydrogen) atoms. The summed E-state index contributed by atoms with van der Waals surface area (Å²) in [5.74, 6) is -0.279. The summed E-state index contributed by atoms with van der Waals surface area (Å²) in [6.45, 7) is 6.01. The maximum atomic E-state index is 12.8. The van der Waals surface area contributed by atoms with Gasteiger partial charge in [-0.05, 0) is 45.0 Å². The van der Waals surface area contributed by atoms with E-state index in [-0.39, 0.29) is 29.2 Å². The van der Waals surface area contributed by atoms with Crippen molar-refractivity contribution in [2.24, 2.45) is 0 Å². The maximum Gasteiger partial charge on any atom is 0.342 e. The zero-order valence-corrected chi connectivity index (χ0v) is 17.8. The average molecular weight is 436 g/mol. The number of hydrogen-bond donors (Lipinski definition) is 1. The number of nitrogens with zero attached hydrogens (tertiary/aromatic N) is 1. The Bertz CT molecular complexity index is 1040. The number of hydrogen-bond acceptors (Lipinski definition) is 7. The van der Waals surface area contributed by atoms with Crippen LogP contribution in [0.2, 0.25) is 0 Å². The Morgan fingerprint density at radius 1 is 1.17 bits per heavy atom. The largest absolute Gasteiger partial charge is 0.466 e. The molecule has 1 fully saturated rings. The Balaban J connectivity index is 1.67. The molecular weight excluding hydrogens is 412 g/mol. The van der Waals surface area contributed by atoms with Gasteiger partial charge in [0.05, 0.1) is 18.1 Å². The minimum absolute atomic E-state index is 0.0661. The molecule has 0 spiro atoms. The highest BCUT2D eigenvalue weighted by atomic mass is 32.2. The van der Waals surface area contributed by atoms with Crippen LogP contribution in [0, 0.1) is 13.8 Å². The number of esters is 1. The summed E-state index contributed by atoms with van der Waals surface area (Å²) in [4.78, 5) is 24.8. The number of sulfonamides is 1. The van der Waals surface area contributed by atoms with Crippen LogP contribution in [0.4, 0.5) is 5.69 Å². The van der Waals surface area contributed by atoms with Crippen LogP contribution in [-0.4, -0.2) is 57.0 Å². The van der Waals surface area contributed by atoms with Gasteiger partial charge < -0.3 is 19.2 Å². The van der Waals surface area contributed by atoms with Crippen LogP contribution in [0.25, 0.3) is 0 Å². The van der Waals surface area contributed by atoms with Gasteiger partial charge in [-0.25, -0.2) is 13.2 Å². The highest BCUT2D eigenvalue weighted by Gasteiger charge is 2.27. The molecule has 0 radical (unpaired) electrons. The highest BCUT2D eigenvalue weighted by molar-refractivity contribution is 7.89. The molecule has 10 heteroatoms.